The van der Waals surface area contributed by atoms with Gasteiger partial charge in [0.25, 0.3) is 0 Å². The number of carbonyl (C=O) groups is 1. The molecule has 1 aromatic carbocycles. The molecule has 1 aliphatic heterocycles. The predicted octanol–water partition coefficient (Wildman–Crippen LogP) is 5.00. The standard InChI is InChI=1S/C32H41FN4O4S/c1-31(2,3)13-21-11-23-26(14-32(8-5-9-32)41-30(23)36-15-21)35-16-27(38)25(37-29(39)18-40-4)12-20-6-7-24(33)22(10-20)28-17-34-19-42-28/h6-7,10-11,15,17,19,25-27,35,38H,5,8-9,12-14,16,18H2,1-4H3,(H,37,39)/t25-,26-,27-/m0/s1. The van der Waals surface area contributed by atoms with E-state index in [9.17, 15) is 14.3 Å². The molecule has 3 aromatic rings. The Kier molecular flexibility index (Phi) is 9.27. The van der Waals surface area contributed by atoms with E-state index in [1.165, 1.54) is 24.5 Å². The van der Waals surface area contributed by atoms with Gasteiger partial charge in [-0.15, -0.1) is 11.3 Å². The maximum Gasteiger partial charge on any atom is 0.246 e. The second-order valence-electron chi connectivity index (χ2n) is 12.8. The number of rotatable bonds is 11. The van der Waals surface area contributed by atoms with Crippen LogP contribution in [0.2, 0.25) is 0 Å². The van der Waals surface area contributed by atoms with Crippen LogP contribution < -0.4 is 15.4 Å². The minimum atomic E-state index is -0.919. The SMILES string of the molecule is COCC(=O)N[C@@H](Cc1ccc(F)c(-c2cncs2)c1)[C@@H](O)CN[C@H]1CC2(CCC2)Oc2ncc(CC(C)(C)C)cc21. The van der Waals surface area contributed by atoms with Crippen LogP contribution in [0.15, 0.2) is 42.2 Å². The van der Waals surface area contributed by atoms with E-state index in [0.29, 0.717) is 17.9 Å². The number of amides is 1. The number of aliphatic hydroxyl groups excluding tert-OH is 1. The first-order chi connectivity index (χ1) is 20.0. The minimum absolute atomic E-state index is 0.0461. The molecule has 1 spiro atoms. The van der Waals surface area contributed by atoms with E-state index in [4.69, 9.17) is 14.5 Å². The lowest BCUT2D eigenvalue weighted by molar-refractivity contribution is -0.126. The van der Waals surface area contributed by atoms with E-state index in [1.807, 2.05) is 6.20 Å². The first-order valence-corrected chi connectivity index (χ1v) is 15.5. The largest absolute Gasteiger partial charge is 0.471 e. The highest BCUT2D eigenvalue weighted by atomic mass is 32.1. The van der Waals surface area contributed by atoms with Gasteiger partial charge in [-0.25, -0.2) is 9.37 Å². The van der Waals surface area contributed by atoms with Crippen molar-refractivity contribution in [2.24, 2.45) is 5.41 Å². The van der Waals surface area contributed by atoms with Crippen LogP contribution in [0.1, 0.15) is 69.2 Å². The van der Waals surface area contributed by atoms with Gasteiger partial charge in [0.2, 0.25) is 11.8 Å². The number of carbonyl (C=O) groups excluding carboxylic acids is 1. The summed E-state index contributed by atoms with van der Waals surface area (Å²) in [6, 6.07) is 6.38. The molecule has 1 amide bonds. The third-order valence-electron chi connectivity index (χ3n) is 8.04. The lowest BCUT2D eigenvalue weighted by Gasteiger charge is -2.47. The fraction of sp³-hybridized carbons (Fsp3) is 0.531. The predicted molar refractivity (Wildman–Crippen MR) is 161 cm³/mol. The molecule has 0 bridgehead atoms. The van der Waals surface area contributed by atoms with Crippen molar-refractivity contribution in [1.82, 2.24) is 20.6 Å². The Bertz CT molecular complexity index is 1370. The maximum atomic E-state index is 14.6. The molecule has 2 aromatic heterocycles. The Hall–Kier alpha value is -2.92. The molecule has 0 unspecified atom stereocenters. The number of benzene rings is 1. The molecule has 3 N–H and O–H groups in total. The van der Waals surface area contributed by atoms with Gasteiger partial charge in [-0.05, 0) is 66.8 Å². The molecule has 1 fully saturated rings. The average molecular weight is 597 g/mol. The van der Waals surface area contributed by atoms with Crippen LogP contribution in [0.4, 0.5) is 4.39 Å². The molecule has 0 saturated heterocycles. The molecule has 1 saturated carbocycles. The van der Waals surface area contributed by atoms with Crippen molar-refractivity contribution in [1.29, 1.82) is 0 Å². The van der Waals surface area contributed by atoms with Crippen molar-refractivity contribution in [2.45, 2.75) is 83.1 Å². The van der Waals surface area contributed by atoms with Crippen molar-refractivity contribution in [3.8, 4) is 16.3 Å². The lowest BCUT2D eigenvalue weighted by atomic mass is 9.73. The number of aliphatic hydroxyl groups is 1. The number of hydrogen-bond donors (Lipinski definition) is 3. The van der Waals surface area contributed by atoms with Gasteiger partial charge in [0.1, 0.15) is 18.0 Å². The third kappa shape index (κ3) is 7.34. The van der Waals surface area contributed by atoms with Crippen LogP contribution in [0.3, 0.4) is 0 Å². The van der Waals surface area contributed by atoms with Crippen molar-refractivity contribution in [3.63, 3.8) is 0 Å². The van der Waals surface area contributed by atoms with E-state index < -0.39 is 12.1 Å². The van der Waals surface area contributed by atoms with Crippen molar-refractivity contribution in [2.75, 3.05) is 20.3 Å². The van der Waals surface area contributed by atoms with Gasteiger partial charge < -0.3 is 25.2 Å². The first-order valence-electron chi connectivity index (χ1n) is 14.6. The van der Waals surface area contributed by atoms with Crippen molar-refractivity contribution < 1.29 is 23.8 Å². The topological polar surface area (TPSA) is 106 Å². The number of ether oxygens (including phenoxy) is 2. The van der Waals surface area contributed by atoms with E-state index in [1.54, 1.807) is 23.8 Å². The van der Waals surface area contributed by atoms with Gasteiger partial charge in [0, 0.05) is 49.6 Å². The Morgan fingerprint density at radius 3 is 2.74 bits per heavy atom. The zero-order valence-corrected chi connectivity index (χ0v) is 25.6. The summed E-state index contributed by atoms with van der Waals surface area (Å²) in [5.41, 5.74) is 4.97. The Morgan fingerprint density at radius 1 is 1.26 bits per heavy atom. The minimum Gasteiger partial charge on any atom is -0.471 e. The smallest absolute Gasteiger partial charge is 0.246 e. The van der Waals surface area contributed by atoms with Gasteiger partial charge in [-0.3, -0.25) is 9.78 Å². The van der Waals surface area contributed by atoms with Crippen molar-refractivity contribution >= 4 is 17.2 Å². The molecular weight excluding hydrogens is 555 g/mol. The Labute approximate surface area is 251 Å². The summed E-state index contributed by atoms with van der Waals surface area (Å²) in [7, 11) is 1.45. The van der Waals surface area contributed by atoms with Crippen LogP contribution in [0, 0.1) is 11.2 Å². The van der Waals surface area contributed by atoms with Crippen LogP contribution >= 0.6 is 11.3 Å². The second-order valence-corrected chi connectivity index (χ2v) is 13.7. The molecule has 8 nitrogen and oxygen atoms in total. The number of aromatic nitrogens is 2. The van der Waals surface area contributed by atoms with E-state index in [0.717, 1.165) is 53.7 Å². The van der Waals surface area contributed by atoms with Gasteiger partial charge in [0.15, 0.2) is 0 Å². The number of halogens is 1. The number of fused-ring (bicyclic) bond motifs is 1. The summed E-state index contributed by atoms with van der Waals surface area (Å²) >= 11 is 1.36. The third-order valence-corrected chi connectivity index (χ3v) is 8.85. The van der Waals surface area contributed by atoms with Crippen molar-refractivity contribution in [3.05, 3.63) is 64.7 Å². The molecule has 42 heavy (non-hydrogen) atoms. The van der Waals surface area contributed by atoms with Gasteiger partial charge >= 0.3 is 0 Å². The quantitative estimate of drug-likeness (QED) is 0.286. The first kappa shape index (κ1) is 30.5. The molecule has 5 rings (SSSR count). The highest BCUT2D eigenvalue weighted by molar-refractivity contribution is 7.13. The Balaban J connectivity index is 1.34. The summed E-state index contributed by atoms with van der Waals surface area (Å²) in [4.78, 5) is 22.1. The molecule has 0 radical (unpaired) electrons. The number of methoxy groups -OCH3 is 1. The zero-order valence-electron chi connectivity index (χ0n) is 24.8. The molecule has 226 valence electrons. The van der Waals surface area contributed by atoms with Gasteiger partial charge in [0.05, 0.1) is 22.5 Å². The highest BCUT2D eigenvalue weighted by Gasteiger charge is 2.46. The lowest BCUT2D eigenvalue weighted by Crippen LogP contribution is -2.52. The second kappa shape index (κ2) is 12.8. The highest BCUT2D eigenvalue weighted by Crippen LogP contribution is 2.48. The maximum absolute atomic E-state index is 14.6. The molecular formula is C32H41FN4O4S. The molecule has 1 aliphatic carbocycles. The average Bonchev–Trinajstić information content (AvgIpc) is 3.45. The summed E-state index contributed by atoms with van der Waals surface area (Å²) < 4.78 is 26.1. The molecule has 10 heteroatoms. The van der Waals surface area contributed by atoms with E-state index >= 15 is 0 Å². The van der Waals surface area contributed by atoms with Crippen LogP contribution in [0.25, 0.3) is 10.4 Å². The molecule has 3 atom stereocenters. The summed E-state index contributed by atoms with van der Waals surface area (Å²) in [5.74, 6) is -0.00243. The van der Waals surface area contributed by atoms with Gasteiger partial charge in [-0.2, -0.15) is 0 Å². The number of hydrogen-bond acceptors (Lipinski definition) is 8. The van der Waals surface area contributed by atoms with Crippen LogP contribution in [0.5, 0.6) is 5.88 Å². The molecule has 3 heterocycles. The normalized spacial score (nSPS) is 19.0. The fourth-order valence-electron chi connectivity index (χ4n) is 5.91. The summed E-state index contributed by atoms with van der Waals surface area (Å²) in [6.07, 6.45) is 7.73. The van der Waals surface area contributed by atoms with Crippen LogP contribution in [-0.4, -0.2) is 59.0 Å². The number of nitrogens with zero attached hydrogens (tertiary/aromatic N) is 2. The van der Waals surface area contributed by atoms with Gasteiger partial charge in [-0.1, -0.05) is 26.8 Å². The Morgan fingerprint density at radius 2 is 2.07 bits per heavy atom. The number of thiazole rings is 1. The van der Waals surface area contributed by atoms with E-state index in [-0.39, 0.29) is 41.9 Å². The van der Waals surface area contributed by atoms with Crippen LogP contribution in [-0.2, 0) is 22.4 Å². The number of pyridine rings is 1. The molecule has 2 aliphatic rings. The number of nitrogens with one attached hydrogen (secondary N) is 2. The zero-order chi connectivity index (χ0) is 29.9. The fourth-order valence-corrected chi connectivity index (χ4v) is 6.55. The summed E-state index contributed by atoms with van der Waals surface area (Å²) in [6.45, 7) is 6.74. The summed E-state index contributed by atoms with van der Waals surface area (Å²) in [5, 5.41) is 17.9. The van der Waals surface area contributed by atoms with E-state index in [2.05, 4.69) is 42.5 Å². The monoisotopic (exact) mass is 596 g/mol.